The second-order valence-corrected chi connectivity index (χ2v) is 6.74. The predicted molar refractivity (Wildman–Crippen MR) is 87.9 cm³/mol. The number of hydrogen-bond donors (Lipinski definition) is 0. The van der Waals surface area contributed by atoms with E-state index >= 15 is 0 Å². The molecule has 2 aromatic heterocycles. The Morgan fingerprint density at radius 2 is 1.69 bits per heavy atom. The second-order valence-electron chi connectivity index (χ2n) is 5.89. The molecule has 142 valence electrons. The van der Waals surface area contributed by atoms with E-state index in [4.69, 9.17) is 0 Å². The van der Waals surface area contributed by atoms with E-state index in [1.165, 1.54) is 19.9 Å². The molecule has 0 aliphatic heterocycles. The zero-order valence-electron chi connectivity index (χ0n) is 14.1. The van der Waals surface area contributed by atoms with Gasteiger partial charge in [0.2, 0.25) is 0 Å². The molecule has 0 N–H and O–H groups in total. The van der Waals surface area contributed by atoms with Gasteiger partial charge in [-0.15, -0.1) is 4.57 Å². The molecule has 0 atom stereocenters. The maximum atomic E-state index is 14.0. The molecule has 2 heterocycles. The second kappa shape index (κ2) is 6.22. The van der Waals surface area contributed by atoms with Crippen LogP contribution in [-0.2, 0) is 13.0 Å². The van der Waals surface area contributed by atoms with Crippen molar-refractivity contribution in [3.8, 4) is 5.82 Å². The van der Waals surface area contributed by atoms with E-state index < -0.39 is 34.6 Å². The summed E-state index contributed by atoms with van der Waals surface area (Å²) < 4.78 is 55.7. The average molecular weight is 440 g/mol. The first-order valence-corrected chi connectivity index (χ1v) is 8.00. The highest BCUT2D eigenvalue weighted by Gasteiger charge is 2.55. The summed E-state index contributed by atoms with van der Waals surface area (Å²) in [7, 11) is 0.823. The highest BCUT2D eigenvalue weighted by Crippen LogP contribution is 2.41. The molecule has 0 radical (unpaired) electrons. The maximum Gasteiger partial charge on any atom is 0.423 e. The standard InChI is InChI=1S/C15H14BrF4N3O3/c1-7-5-9(16)8(2)23(26)12(7)22-11(24)6-10(21(4)13(22)25)15(19,20)14(3,17)18/h5-6H,1-4H3. The molecule has 2 aromatic rings. The number of nitrogens with zero attached hydrogens (tertiary/aromatic N) is 3. The molecular formula is C15H14BrF4N3O3. The average Bonchev–Trinajstić information content (AvgIpc) is 2.50. The van der Waals surface area contributed by atoms with Gasteiger partial charge in [-0.05, 0) is 35.8 Å². The lowest BCUT2D eigenvalue weighted by Gasteiger charge is -2.24. The molecule has 0 saturated carbocycles. The van der Waals surface area contributed by atoms with Gasteiger partial charge in [-0.1, -0.05) is 0 Å². The van der Waals surface area contributed by atoms with Crippen LogP contribution in [0.5, 0.6) is 0 Å². The number of aryl methyl sites for hydroxylation is 1. The van der Waals surface area contributed by atoms with Crippen LogP contribution in [0.3, 0.4) is 0 Å². The van der Waals surface area contributed by atoms with Gasteiger partial charge in [0.05, 0.1) is 10.5 Å². The molecule has 0 bridgehead atoms. The molecule has 6 nitrogen and oxygen atoms in total. The van der Waals surface area contributed by atoms with Gasteiger partial charge in [-0.2, -0.15) is 17.6 Å². The summed E-state index contributed by atoms with van der Waals surface area (Å²) in [5.74, 6) is -9.65. The van der Waals surface area contributed by atoms with E-state index in [0.29, 0.717) is 9.04 Å². The number of halogens is 5. The lowest BCUT2D eigenvalue weighted by molar-refractivity contribution is -0.607. The summed E-state index contributed by atoms with van der Waals surface area (Å²) in [5, 5.41) is 12.4. The first-order valence-electron chi connectivity index (χ1n) is 7.20. The molecule has 0 saturated heterocycles. The van der Waals surface area contributed by atoms with Gasteiger partial charge in [0.15, 0.2) is 0 Å². The molecule has 11 heteroatoms. The van der Waals surface area contributed by atoms with Crippen LogP contribution in [0.1, 0.15) is 23.9 Å². The van der Waals surface area contributed by atoms with Crippen molar-refractivity contribution in [1.29, 1.82) is 0 Å². The molecular weight excluding hydrogens is 426 g/mol. The normalized spacial score (nSPS) is 12.5. The highest BCUT2D eigenvalue weighted by molar-refractivity contribution is 9.10. The number of pyridine rings is 1. The van der Waals surface area contributed by atoms with Crippen LogP contribution >= 0.6 is 15.9 Å². The Kier molecular flexibility index (Phi) is 4.82. The smallest absolute Gasteiger partial charge is 0.423 e. The number of rotatable bonds is 3. The maximum absolute atomic E-state index is 14.0. The fourth-order valence-electron chi connectivity index (χ4n) is 2.39. The van der Waals surface area contributed by atoms with Gasteiger partial charge in [-0.3, -0.25) is 4.57 Å². The minimum Gasteiger partial charge on any atom is -0.710 e. The summed E-state index contributed by atoms with van der Waals surface area (Å²) in [4.78, 5) is 24.8. The zero-order chi connectivity index (χ0) is 20.2. The SMILES string of the molecule is Cc1cc(Br)c(C)[n+]([O-])c1-n1c(=O)cc(C(F)(F)C(C)(F)F)n(C)c1=O. The molecule has 26 heavy (non-hydrogen) atoms. The van der Waals surface area contributed by atoms with Crippen molar-refractivity contribution < 1.29 is 22.3 Å². The summed E-state index contributed by atoms with van der Waals surface area (Å²) >= 11 is 3.14. The molecule has 0 spiro atoms. The van der Waals surface area contributed by atoms with Crippen LogP contribution in [0.15, 0.2) is 26.2 Å². The lowest BCUT2D eigenvalue weighted by Crippen LogP contribution is -2.49. The Morgan fingerprint density at radius 1 is 1.15 bits per heavy atom. The van der Waals surface area contributed by atoms with Crippen LogP contribution in [0.25, 0.3) is 5.82 Å². The van der Waals surface area contributed by atoms with E-state index in [9.17, 15) is 32.4 Å². The van der Waals surface area contributed by atoms with Gasteiger partial charge in [0, 0.05) is 19.5 Å². The van der Waals surface area contributed by atoms with Gasteiger partial charge >= 0.3 is 23.1 Å². The topological polar surface area (TPSA) is 70.9 Å². The molecule has 0 aromatic carbocycles. The van der Waals surface area contributed by atoms with Crippen LogP contribution in [-0.4, -0.2) is 15.1 Å². The van der Waals surface area contributed by atoms with Crippen molar-refractivity contribution in [1.82, 2.24) is 9.13 Å². The first-order chi connectivity index (χ1) is 11.7. The van der Waals surface area contributed by atoms with Crippen molar-refractivity contribution >= 4 is 15.9 Å². The largest absolute Gasteiger partial charge is 0.710 e. The third-order valence-corrected chi connectivity index (χ3v) is 4.75. The first kappa shape index (κ1) is 20.1. The Balaban J connectivity index is 2.91. The van der Waals surface area contributed by atoms with Gasteiger partial charge < -0.3 is 5.21 Å². The van der Waals surface area contributed by atoms with Crippen LogP contribution in [0.4, 0.5) is 17.6 Å². The van der Waals surface area contributed by atoms with Crippen molar-refractivity contribution in [3.05, 3.63) is 59.6 Å². The number of alkyl halides is 4. The fourth-order valence-corrected chi connectivity index (χ4v) is 2.89. The van der Waals surface area contributed by atoms with E-state index in [1.54, 1.807) is 0 Å². The van der Waals surface area contributed by atoms with Crippen LogP contribution in [0.2, 0.25) is 0 Å². The monoisotopic (exact) mass is 439 g/mol. The molecule has 0 aliphatic carbocycles. The molecule has 0 amide bonds. The molecule has 0 fully saturated rings. The molecule has 0 unspecified atom stereocenters. The van der Waals surface area contributed by atoms with Crippen molar-refractivity contribution in [2.75, 3.05) is 0 Å². The van der Waals surface area contributed by atoms with Crippen molar-refractivity contribution in [2.24, 2.45) is 7.05 Å². The summed E-state index contributed by atoms with van der Waals surface area (Å²) in [6.45, 7) is 2.83. The van der Waals surface area contributed by atoms with Crippen LogP contribution < -0.4 is 16.0 Å². The van der Waals surface area contributed by atoms with E-state index in [-0.39, 0.29) is 33.5 Å². The molecule has 0 aliphatic rings. The lowest BCUT2D eigenvalue weighted by atomic mass is 10.1. The van der Waals surface area contributed by atoms with E-state index in [1.807, 2.05) is 0 Å². The Bertz CT molecular complexity index is 1010. The quantitative estimate of drug-likeness (QED) is 0.418. The fraction of sp³-hybridized carbons (Fsp3) is 0.400. The van der Waals surface area contributed by atoms with Gasteiger partial charge in [0.1, 0.15) is 11.4 Å². The van der Waals surface area contributed by atoms with Gasteiger partial charge in [0.25, 0.3) is 5.82 Å². The summed E-state index contributed by atoms with van der Waals surface area (Å²) in [6.07, 6.45) is 0. The van der Waals surface area contributed by atoms with Gasteiger partial charge in [-0.25, -0.2) is 14.3 Å². The Labute approximate surface area is 153 Å². The van der Waals surface area contributed by atoms with E-state index in [2.05, 4.69) is 15.9 Å². The third kappa shape index (κ3) is 2.93. The zero-order valence-corrected chi connectivity index (χ0v) is 15.7. The predicted octanol–water partition coefficient (Wildman–Crippen LogP) is 2.30. The number of hydrogen-bond acceptors (Lipinski definition) is 3. The van der Waals surface area contributed by atoms with Crippen molar-refractivity contribution in [3.63, 3.8) is 0 Å². The van der Waals surface area contributed by atoms with Crippen molar-refractivity contribution in [2.45, 2.75) is 32.6 Å². The minimum atomic E-state index is -4.75. The highest BCUT2D eigenvalue weighted by atomic mass is 79.9. The van der Waals surface area contributed by atoms with E-state index in [0.717, 1.165) is 7.05 Å². The Morgan fingerprint density at radius 3 is 2.19 bits per heavy atom. The summed E-state index contributed by atoms with van der Waals surface area (Å²) in [6, 6.07) is 1.70. The Hall–Kier alpha value is -2.17. The number of aromatic nitrogens is 3. The molecule has 2 rings (SSSR count). The minimum absolute atomic E-state index is 0.0170. The van der Waals surface area contributed by atoms with Crippen LogP contribution in [0, 0.1) is 19.1 Å². The summed E-state index contributed by atoms with van der Waals surface area (Å²) in [5.41, 5.74) is -3.78. The third-order valence-electron chi connectivity index (χ3n) is 3.94.